The van der Waals surface area contributed by atoms with E-state index in [9.17, 15) is 4.79 Å². The van der Waals surface area contributed by atoms with Crippen LogP contribution >= 0.6 is 23.1 Å². The Bertz CT molecular complexity index is 297. The summed E-state index contributed by atoms with van der Waals surface area (Å²) in [5.41, 5.74) is 0. The molecule has 1 aliphatic heterocycles. The first-order valence-corrected chi connectivity index (χ1v) is 6.31. The van der Waals surface area contributed by atoms with Gasteiger partial charge in [0.05, 0.1) is 9.62 Å². The number of hydrogen-bond acceptors (Lipinski definition) is 3. The number of ketones is 1. The van der Waals surface area contributed by atoms with Crippen LogP contribution < -0.4 is 0 Å². The number of carbonyl (C=O) groups is 1. The molecule has 0 spiro atoms. The molecule has 1 saturated heterocycles. The van der Waals surface area contributed by atoms with Crippen LogP contribution in [0.2, 0.25) is 0 Å². The molecule has 1 aromatic rings. The van der Waals surface area contributed by atoms with Crippen molar-refractivity contribution >= 4 is 28.9 Å². The van der Waals surface area contributed by atoms with Gasteiger partial charge in [-0.1, -0.05) is 6.07 Å². The minimum Gasteiger partial charge on any atom is -0.292 e. The number of carbonyl (C=O) groups excluding carboxylic acids is 1. The molecule has 13 heavy (non-hydrogen) atoms. The summed E-state index contributed by atoms with van der Waals surface area (Å²) in [6.07, 6.45) is 2.21. The van der Waals surface area contributed by atoms with E-state index in [-0.39, 0.29) is 4.75 Å². The van der Waals surface area contributed by atoms with Gasteiger partial charge in [0, 0.05) is 0 Å². The number of thiophene rings is 1. The monoisotopic (exact) mass is 212 g/mol. The lowest BCUT2D eigenvalue weighted by atomic mass is 9.99. The Balaban J connectivity index is 2.21. The third kappa shape index (κ3) is 1.67. The van der Waals surface area contributed by atoms with Crippen LogP contribution in [0.25, 0.3) is 0 Å². The Morgan fingerprint density at radius 2 is 2.46 bits per heavy atom. The maximum absolute atomic E-state index is 12.0. The first kappa shape index (κ1) is 9.28. The lowest BCUT2D eigenvalue weighted by Crippen LogP contribution is -2.27. The van der Waals surface area contributed by atoms with E-state index in [0.29, 0.717) is 5.78 Å². The third-order valence-corrected chi connectivity index (χ3v) is 4.83. The Hall–Kier alpha value is -0.280. The van der Waals surface area contributed by atoms with Crippen LogP contribution in [0.5, 0.6) is 0 Å². The van der Waals surface area contributed by atoms with Crippen LogP contribution in [-0.4, -0.2) is 16.3 Å². The topological polar surface area (TPSA) is 17.1 Å². The van der Waals surface area contributed by atoms with Gasteiger partial charge < -0.3 is 0 Å². The second kappa shape index (κ2) is 3.46. The quantitative estimate of drug-likeness (QED) is 0.700. The molecule has 1 fully saturated rings. The van der Waals surface area contributed by atoms with Gasteiger partial charge in [0.25, 0.3) is 0 Å². The van der Waals surface area contributed by atoms with Crippen molar-refractivity contribution in [2.24, 2.45) is 0 Å². The highest BCUT2D eigenvalue weighted by Gasteiger charge is 2.37. The van der Waals surface area contributed by atoms with Crippen molar-refractivity contribution in [2.45, 2.75) is 24.5 Å². The zero-order valence-corrected chi connectivity index (χ0v) is 9.21. The second-order valence-electron chi connectivity index (χ2n) is 3.49. The van der Waals surface area contributed by atoms with E-state index in [2.05, 4.69) is 6.92 Å². The zero-order valence-electron chi connectivity index (χ0n) is 7.58. The van der Waals surface area contributed by atoms with E-state index in [1.165, 1.54) is 6.42 Å². The lowest BCUT2D eigenvalue weighted by molar-refractivity contribution is 0.0953. The summed E-state index contributed by atoms with van der Waals surface area (Å²) < 4.78 is -0.134. The van der Waals surface area contributed by atoms with Crippen molar-refractivity contribution < 1.29 is 4.79 Å². The normalized spacial score (nSPS) is 27.8. The Morgan fingerprint density at radius 3 is 3.00 bits per heavy atom. The molecule has 1 aliphatic rings. The molecule has 1 atom stereocenters. The average Bonchev–Trinajstić information content (AvgIpc) is 2.73. The number of thioether (sulfide) groups is 1. The molecule has 1 unspecified atom stereocenters. The average molecular weight is 212 g/mol. The van der Waals surface area contributed by atoms with Gasteiger partial charge >= 0.3 is 0 Å². The van der Waals surface area contributed by atoms with Crippen molar-refractivity contribution in [1.82, 2.24) is 0 Å². The molecular weight excluding hydrogens is 200 g/mol. The summed E-state index contributed by atoms with van der Waals surface area (Å²) >= 11 is 3.36. The highest BCUT2D eigenvalue weighted by atomic mass is 32.2. The van der Waals surface area contributed by atoms with E-state index in [1.807, 2.05) is 29.3 Å². The van der Waals surface area contributed by atoms with Crippen LogP contribution in [0.1, 0.15) is 29.4 Å². The first-order valence-electron chi connectivity index (χ1n) is 4.45. The molecule has 1 nitrogen and oxygen atoms in total. The van der Waals surface area contributed by atoms with E-state index in [1.54, 1.807) is 11.3 Å². The predicted molar refractivity (Wildman–Crippen MR) is 58.7 cm³/mol. The standard InChI is InChI=1S/C10H12OS2/c1-10(5-3-7-13-10)9(11)8-4-2-6-12-8/h2,4,6H,3,5,7H2,1H3. The minimum absolute atomic E-state index is 0.134. The maximum Gasteiger partial charge on any atom is 0.188 e. The summed E-state index contributed by atoms with van der Waals surface area (Å²) in [4.78, 5) is 12.9. The molecule has 2 rings (SSSR count). The van der Waals surface area contributed by atoms with Gasteiger partial charge in [-0.25, -0.2) is 0 Å². The number of hydrogen-bond donors (Lipinski definition) is 0. The molecule has 3 heteroatoms. The summed E-state index contributed by atoms with van der Waals surface area (Å²) in [5.74, 6) is 1.46. The van der Waals surface area contributed by atoms with Crippen molar-refractivity contribution in [3.8, 4) is 0 Å². The van der Waals surface area contributed by atoms with Gasteiger partial charge in [-0.3, -0.25) is 4.79 Å². The zero-order chi connectivity index (χ0) is 9.31. The fourth-order valence-corrected chi connectivity index (χ4v) is 3.75. The molecule has 2 heterocycles. The van der Waals surface area contributed by atoms with Gasteiger partial charge in [0.1, 0.15) is 0 Å². The van der Waals surface area contributed by atoms with Crippen molar-refractivity contribution in [2.75, 3.05) is 5.75 Å². The summed E-state index contributed by atoms with van der Waals surface area (Å²) in [5, 5.41) is 1.97. The van der Waals surface area contributed by atoms with Crippen LogP contribution in [0.15, 0.2) is 17.5 Å². The van der Waals surface area contributed by atoms with E-state index in [0.717, 1.165) is 17.1 Å². The van der Waals surface area contributed by atoms with Crippen LogP contribution in [-0.2, 0) is 0 Å². The minimum atomic E-state index is -0.134. The van der Waals surface area contributed by atoms with Crippen LogP contribution in [0.3, 0.4) is 0 Å². The highest BCUT2D eigenvalue weighted by molar-refractivity contribution is 8.01. The van der Waals surface area contributed by atoms with Gasteiger partial charge in [-0.05, 0) is 37.0 Å². The van der Waals surface area contributed by atoms with E-state index in [4.69, 9.17) is 0 Å². The van der Waals surface area contributed by atoms with Crippen molar-refractivity contribution in [1.29, 1.82) is 0 Å². The SMILES string of the molecule is CC1(C(=O)c2cccs2)CCCS1. The summed E-state index contributed by atoms with van der Waals surface area (Å²) in [7, 11) is 0. The molecule has 0 aromatic carbocycles. The van der Waals surface area contributed by atoms with Gasteiger partial charge in [0.2, 0.25) is 0 Å². The molecule has 0 radical (unpaired) electrons. The second-order valence-corrected chi connectivity index (χ2v) is 6.03. The fourth-order valence-electron chi connectivity index (χ4n) is 1.63. The van der Waals surface area contributed by atoms with Crippen LogP contribution in [0, 0.1) is 0 Å². The van der Waals surface area contributed by atoms with E-state index >= 15 is 0 Å². The molecule has 0 N–H and O–H groups in total. The Labute approximate surface area is 86.5 Å². The molecule has 0 aliphatic carbocycles. The number of rotatable bonds is 2. The maximum atomic E-state index is 12.0. The lowest BCUT2D eigenvalue weighted by Gasteiger charge is -2.19. The molecular formula is C10H12OS2. The van der Waals surface area contributed by atoms with Crippen molar-refractivity contribution in [3.05, 3.63) is 22.4 Å². The molecule has 0 amide bonds. The largest absolute Gasteiger partial charge is 0.292 e. The molecule has 1 aromatic heterocycles. The third-order valence-electron chi connectivity index (χ3n) is 2.44. The fraction of sp³-hybridized carbons (Fsp3) is 0.500. The highest BCUT2D eigenvalue weighted by Crippen LogP contribution is 2.40. The summed E-state index contributed by atoms with van der Waals surface area (Å²) in [6.45, 7) is 2.08. The van der Waals surface area contributed by atoms with E-state index < -0.39 is 0 Å². The summed E-state index contributed by atoms with van der Waals surface area (Å²) in [6, 6.07) is 3.87. The molecule has 0 bridgehead atoms. The van der Waals surface area contributed by atoms with Gasteiger partial charge in [-0.2, -0.15) is 0 Å². The van der Waals surface area contributed by atoms with Crippen molar-refractivity contribution in [3.63, 3.8) is 0 Å². The van der Waals surface area contributed by atoms with Gasteiger partial charge in [-0.15, -0.1) is 23.1 Å². The smallest absolute Gasteiger partial charge is 0.188 e. The number of Topliss-reactive ketones (excluding diaryl/α,β-unsaturated/α-hetero) is 1. The Morgan fingerprint density at radius 1 is 1.62 bits per heavy atom. The Kier molecular flexibility index (Phi) is 2.47. The molecule has 70 valence electrons. The first-order chi connectivity index (χ1) is 6.22. The molecule has 0 saturated carbocycles. The predicted octanol–water partition coefficient (Wildman–Crippen LogP) is 3.22. The van der Waals surface area contributed by atoms with Crippen LogP contribution in [0.4, 0.5) is 0 Å². The van der Waals surface area contributed by atoms with Gasteiger partial charge in [0.15, 0.2) is 5.78 Å².